The van der Waals surface area contributed by atoms with Crippen LogP contribution >= 0.6 is 11.6 Å². The van der Waals surface area contributed by atoms with Gasteiger partial charge >= 0.3 is 0 Å². The van der Waals surface area contributed by atoms with Gasteiger partial charge < -0.3 is 25.1 Å². The summed E-state index contributed by atoms with van der Waals surface area (Å²) in [6.45, 7) is 8.22. The highest BCUT2D eigenvalue weighted by molar-refractivity contribution is 6.31. The van der Waals surface area contributed by atoms with Crippen LogP contribution in [0.3, 0.4) is 0 Å². The molecule has 286 valence electrons. The van der Waals surface area contributed by atoms with Crippen LogP contribution in [0.4, 0.5) is 22.7 Å². The average Bonchev–Trinajstić information content (AvgIpc) is 3.33. The highest BCUT2D eigenvalue weighted by Crippen LogP contribution is 2.66. The molecule has 2 heterocycles. The summed E-state index contributed by atoms with van der Waals surface area (Å²) in [6.07, 6.45) is 8.23. The number of hydrogen-bond acceptors (Lipinski definition) is 7. The SMILES string of the molecule is CC#C[C@]1(O)CC[C@H]2[C@@H]3CCC4=CC(=O)CCC4=C3[C@@H](c3ccc(N(C)C)cc3)C[C@@]21C.CN1CCN(C2=Nc3cc(Cl)ccc3Nc3ccccc32)CC1. The van der Waals surface area contributed by atoms with Gasteiger partial charge in [0.1, 0.15) is 11.4 Å². The fraction of sp³-hybridized carbons (Fsp3) is 0.447. The van der Waals surface area contributed by atoms with Gasteiger partial charge in [-0.1, -0.05) is 54.3 Å². The van der Waals surface area contributed by atoms with Gasteiger partial charge in [0.05, 0.1) is 11.4 Å². The molecular formula is C47H54ClN5O2. The Hall–Kier alpha value is -4.35. The van der Waals surface area contributed by atoms with Crippen LogP contribution in [0.25, 0.3) is 0 Å². The first-order chi connectivity index (χ1) is 26.5. The van der Waals surface area contributed by atoms with Gasteiger partial charge in [0.2, 0.25) is 0 Å². The van der Waals surface area contributed by atoms with E-state index in [4.69, 9.17) is 16.6 Å². The Labute approximate surface area is 332 Å². The summed E-state index contributed by atoms with van der Waals surface area (Å²) >= 11 is 6.18. The number of carbonyl (C=O) groups excluding carboxylic acids is 1. The van der Waals surface area contributed by atoms with Gasteiger partial charge in [-0.2, -0.15) is 0 Å². The second kappa shape index (κ2) is 15.0. The van der Waals surface area contributed by atoms with E-state index in [1.54, 1.807) is 5.57 Å². The molecule has 3 aromatic rings. The molecule has 2 N–H and O–H groups in total. The Bertz CT molecular complexity index is 2140. The molecule has 7 nitrogen and oxygen atoms in total. The lowest BCUT2D eigenvalue weighted by Crippen LogP contribution is -2.51. The first-order valence-electron chi connectivity index (χ1n) is 20.1. The Kier molecular flexibility index (Phi) is 10.2. The molecule has 9 rings (SSSR count). The topological polar surface area (TPSA) is 71.4 Å². The number of allylic oxidation sites excluding steroid dienone is 4. The summed E-state index contributed by atoms with van der Waals surface area (Å²) in [7, 11) is 6.30. The normalized spacial score (nSPS) is 28.2. The summed E-state index contributed by atoms with van der Waals surface area (Å²) < 4.78 is 0. The van der Waals surface area contributed by atoms with Crippen molar-refractivity contribution in [1.29, 1.82) is 0 Å². The number of para-hydroxylation sites is 1. The number of ketones is 1. The number of piperazine rings is 1. The second-order valence-electron chi connectivity index (χ2n) is 16.8. The number of aliphatic imine (C=N–C) groups is 1. The molecule has 0 bridgehead atoms. The molecule has 0 amide bonds. The number of halogens is 1. The number of anilines is 3. The molecule has 2 aliphatic heterocycles. The van der Waals surface area contributed by atoms with Crippen molar-refractivity contribution in [1.82, 2.24) is 9.80 Å². The third-order valence-electron chi connectivity index (χ3n) is 13.5. The summed E-state index contributed by atoms with van der Waals surface area (Å²) in [5, 5.41) is 15.9. The van der Waals surface area contributed by atoms with Crippen molar-refractivity contribution in [3.05, 3.63) is 106 Å². The minimum Gasteiger partial charge on any atom is -0.378 e. The summed E-state index contributed by atoms with van der Waals surface area (Å²) in [5.74, 6) is 8.79. The molecule has 0 unspecified atom stereocenters. The number of amidine groups is 1. The molecule has 0 spiro atoms. The quantitative estimate of drug-likeness (QED) is 0.255. The maximum atomic E-state index is 12.2. The number of carbonyl (C=O) groups is 1. The maximum Gasteiger partial charge on any atom is 0.156 e. The van der Waals surface area contributed by atoms with Gasteiger partial charge in [-0.05, 0) is 130 Å². The maximum absolute atomic E-state index is 12.2. The lowest BCUT2D eigenvalue weighted by Gasteiger charge is -2.53. The van der Waals surface area contributed by atoms with Gasteiger partial charge in [-0.15, -0.1) is 5.92 Å². The molecule has 4 aliphatic carbocycles. The number of nitrogens with zero attached hydrogens (tertiary/aromatic N) is 4. The predicted octanol–water partition coefficient (Wildman–Crippen LogP) is 9.13. The molecule has 5 atom stereocenters. The van der Waals surface area contributed by atoms with E-state index < -0.39 is 5.60 Å². The highest BCUT2D eigenvalue weighted by atomic mass is 35.5. The number of aliphatic hydroxyl groups is 1. The van der Waals surface area contributed by atoms with Crippen molar-refractivity contribution >= 4 is 46.0 Å². The monoisotopic (exact) mass is 755 g/mol. The van der Waals surface area contributed by atoms with Gasteiger partial charge in [-0.25, -0.2) is 4.99 Å². The third-order valence-corrected chi connectivity index (χ3v) is 13.7. The number of hydrogen-bond donors (Lipinski definition) is 2. The summed E-state index contributed by atoms with van der Waals surface area (Å²) in [5.41, 5.74) is 9.83. The Morgan fingerprint density at radius 1 is 0.964 bits per heavy atom. The fourth-order valence-corrected chi connectivity index (χ4v) is 10.6. The molecule has 0 radical (unpaired) electrons. The molecule has 0 aromatic heterocycles. The molecule has 3 fully saturated rings. The Balaban J connectivity index is 0.000000164. The Morgan fingerprint density at radius 2 is 1.73 bits per heavy atom. The number of rotatable bonds is 2. The largest absolute Gasteiger partial charge is 0.378 e. The van der Waals surface area contributed by atoms with Crippen LogP contribution in [-0.4, -0.2) is 79.4 Å². The van der Waals surface area contributed by atoms with E-state index in [0.717, 1.165) is 93.2 Å². The smallest absolute Gasteiger partial charge is 0.156 e. The molecule has 2 saturated carbocycles. The zero-order valence-corrected chi connectivity index (χ0v) is 33.7. The van der Waals surface area contributed by atoms with Gasteiger partial charge in [0.15, 0.2) is 5.78 Å². The highest BCUT2D eigenvalue weighted by Gasteiger charge is 2.62. The van der Waals surface area contributed by atoms with Gasteiger partial charge in [-0.3, -0.25) is 4.79 Å². The summed E-state index contributed by atoms with van der Waals surface area (Å²) in [6, 6.07) is 23.1. The van der Waals surface area contributed by atoms with E-state index in [0.29, 0.717) is 23.3 Å². The first-order valence-corrected chi connectivity index (χ1v) is 20.4. The summed E-state index contributed by atoms with van der Waals surface area (Å²) in [4.78, 5) is 24.0. The van der Waals surface area contributed by atoms with Crippen LogP contribution in [0.2, 0.25) is 5.02 Å². The number of nitrogens with one attached hydrogen (secondary N) is 1. The van der Waals surface area contributed by atoms with Crippen LogP contribution in [-0.2, 0) is 4.79 Å². The van der Waals surface area contributed by atoms with Crippen LogP contribution in [0.5, 0.6) is 0 Å². The van der Waals surface area contributed by atoms with Crippen molar-refractivity contribution in [3.63, 3.8) is 0 Å². The van der Waals surface area contributed by atoms with Gasteiger partial charge in [0.25, 0.3) is 0 Å². The molecule has 1 saturated heterocycles. The molecule has 3 aromatic carbocycles. The van der Waals surface area contributed by atoms with Gasteiger partial charge in [0, 0.05) is 80.0 Å². The zero-order valence-electron chi connectivity index (χ0n) is 33.0. The molecule has 55 heavy (non-hydrogen) atoms. The lowest BCUT2D eigenvalue weighted by atomic mass is 9.51. The molecular weight excluding hydrogens is 702 g/mol. The minimum absolute atomic E-state index is 0.221. The van der Waals surface area contributed by atoms with Crippen LogP contribution in [0, 0.1) is 29.1 Å². The fourth-order valence-electron chi connectivity index (χ4n) is 10.4. The average molecular weight is 756 g/mol. The Morgan fingerprint density at radius 3 is 2.47 bits per heavy atom. The van der Waals surface area contributed by atoms with Crippen molar-refractivity contribution in [3.8, 4) is 11.8 Å². The van der Waals surface area contributed by atoms with Crippen molar-refractivity contribution in [2.75, 3.05) is 57.5 Å². The van der Waals surface area contributed by atoms with Crippen molar-refractivity contribution in [2.45, 2.75) is 70.3 Å². The van der Waals surface area contributed by atoms with E-state index >= 15 is 0 Å². The lowest BCUT2D eigenvalue weighted by molar-refractivity contribution is -0.114. The number of benzene rings is 3. The number of fused-ring (bicyclic) bond motifs is 6. The first kappa shape index (κ1) is 37.6. The van der Waals surface area contributed by atoms with E-state index in [1.807, 2.05) is 37.3 Å². The third kappa shape index (κ3) is 6.92. The molecule has 6 aliphatic rings. The van der Waals surface area contributed by atoms with E-state index in [2.05, 4.69) is 102 Å². The van der Waals surface area contributed by atoms with E-state index in [-0.39, 0.29) is 17.1 Å². The predicted molar refractivity (Wildman–Crippen MR) is 226 cm³/mol. The minimum atomic E-state index is -0.914. The van der Waals surface area contributed by atoms with Crippen LogP contribution < -0.4 is 10.2 Å². The molecule has 8 heteroatoms. The van der Waals surface area contributed by atoms with E-state index in [1.165, 1.54) is 22.4 Å². The van der Waals surface area contributed by atoms with Crippen molar-refractivity contribution < 1.29 is 9.90 Å². The van der Waals surface area contributed by atoms with Crippen LogP contribution in [0.1, 0.15) is 75.8 Å². The number of likely N-dealkylation sites (N-methyl/N-ethyl adjacent to an activating group) is 1. The zero-order chi connectivity index (χ0) is 38.5. The standard InChI is InChI=1S/C29H35NO2.C18H19ClN4/c1-5-15-29(32)16-14-26-24-12-8-20-17-22(31)11-13-23(20)27(24)25(18-28(26,29)2)19-6-9-21(10-7-19)30(3)4;1-22-8-10-23(11-9-22)18-14-4-2-3-5-15(14)20-16-7-6-13(19)12-17(16)21-18/h6-7,9-10,17,24-26,32H,8,11-14,16,18H2,1-4H3;2-7,12,20H,8-11H2,1H3/t24-,25+,26-,28-,29-;/m0./s1. The van der Waals surface area contributed by atoms with Crippen molar-refractivity contribution in [2.24, 2.45) is 22.2 Å². The van der Waals surface area contributed by atoms with Crippen LogP contribution in [0.15, 0.2) is 94.5 Å². The second-order valence-corrected chi connectivity index (χ2v) is 17.2. The van der Waals surface area contributed by atoms with E-state index in [9.17, 15) is 9.90 Å².